The van der Waals surface area contributed by atoms with Crippen molar-refractivity contribution in [1.82, 2.24) is 4.90 Å². The molecule has 1 saturated heterocycles. The van der Waals surface area contributed by atoms with Gasteiger partial charge in [-0.2, -0.15) is 0 Å². The Morgan fingerprint density at radius 2 is 1.79 bits per heavy atom. The normalized spacial score (nSPS) is 15.4. The fourth-order valence-corrected chi connectivity index (χ4v) is 4.02. The van der Waals surface area contributed by atoms with Crippen LogP contribution >= 0.6 is 27.7 Å². The van der Waals surface area contributed by atoms with Crippen molar-refractivity contribution in [3.63, 3.8) is 0 Å². The Bertz CT molecular complexity index is 914. The van der Waals surface area contributed by atoms with Gasteiger partial charge in [0.05, 0.1) is 11.5 Å². The number of carbonyl (C=O) groups excluding carboxylic acids is 2. The maximum Gasteiger partial charge on any atom is 0.293 e. The monoisotopic (exact) mass is 461 g/mol. The van der Waals surface area contributed by atoms with E-state index in [9.17, 15) is 9.59 Å². The van der Waals surface area contributed by atoms with Crippen molar-refractivity contribution in [3.8, 4) is 11.5 Å². The van der Waals surface area contributed by atoms with Crippen molar-refractivity contribution in [2.24, 2.45) is 0 Å². The predicted octanol–water partition coefficient (Wildman–Crippen LogP) is 5.48. The Kier molecular flexibility index (Phi) is 6.80. The summed E-state index contributed by atoms with van der Waals surface area (Å²) in [5.74, 6) is 0.922. The van der Waals surface area contributed by atoms with Crippen LogP contribution in [0.1, 0.15) is 25.0 Å². The zero-order valence-corrected chi connectivity index (χ0v) is 18.0. The van der Waals surface area contributed by atoms with Gasteiger partial charge in [0.1, 0.15) is 6.61 Å². The molecule has 3 rings (SSSR count). The van der Waals surface area contributed by atoms with E-state index in [-0.39, 0.29) is 11.1 Å². The lowest BCUT2D eigenvalue weighted by Crippen LogP contribution is -2.27. The first-order valence-electron chi connectivity index (χ1n) is 8.92. The Morgan fingerprint density at radius 1 is 1.07 bits per heavy atom. The lowest BCUT2D eigenvalue weighted by atomic mass is 10.1. The number of benzene rings is 2. The van der Waals surface area contributed by atoms with Crippen molar-refractivity contribution in [3.05, 3.63) is 63.0 Å². The van der Waals surface area contributed by atoms with Crippen LogP contribution in [0.4, 0.5) is 4.79 Å². The van der Waals surface area contributed by atoms with Gasteiger partial charge in [0, 0.05) is 11.0 Å². The number of halogens is 1. The zero-order valence-electron chi connectivity index (χ0n) is 15.6. The van der Waals surface area contributed by atoms with E-state index in [2.05, 4.69) is 15.9 Å². The highest BCUT2D eigenvalue weighted by Gasteiger charge is 2.33. The van der Waals surface area contributed by atoms with Crippen molar-refractivity contribution < 1.29 is 19.1 Å². The first-order valence-corrected chi connectivity index (χ1v) is 10.5. The third-order valence-electron chi connectivity index (χ3n) is 4.08. The second kappa shape index (κ2) is 9.30. The number of likely N-dealkylation sites (N-methyl/N-ethyl adjacent to an activating group) is 1. The van der Waals surface area contributed by atoms with E-state index in [0.717, 1.165) is 27.4 Å². The van der Waals surface area contributed by atoms with E-state index in [0.29, 0.717) is 36.2 Å². The molecule has 2 aromatic carbocycles. The fraction of sp³-hybridized carbons (Fsp3) is 0.238. The topological polar surface area (TPSA) is 55.8 Å². The van der Waals surface area contributed by atoms with Crippen molar-refractivity contribution in [1.29, 1.82) is 0 Å². The Labute approximate surface area is 176 Å². The van der Waals surface area contributed by atoms with E-state index in [4.69, 9.17) is 9.47 Å². The number of hydrogen-bond acceptors (Lipinski definition) is 5. The second-order valence-corrected chi connectivity index (χ2v) is 7.80. The number of thioether (sulfide) groups is 1. The highest BCUT2D eigenvalue weighted by atomic mass is 79.9. The molecular formula is C21H20BrNO4S. The second-order valence-electron chi connectivity index (χ2n) is 5.95. The average molecular weight is 462 g/mol. The molecular weight excluding hydrogens is 442 g/mol. The van der Waals surface area contributed by atoms with Crippen molar-refractivity contribution >= 4 is 44.9 Å². The van der Waals surface area contributed by atoms with E-state index in [1.54, 1.807) is 13.0 Å². The summed E-state index contributed by atoms with van der Waals surface area (Å²) in [5, 5.41) is -0.247. The minimum absolute atomic E-state index is 0.247. The van der Waals surface area contributed by atoms with Gasteiger partial charge >= 0.3 is 0 Å². The molecule has 0 radical (unpaired) electrons. The fourth-order valence-electron chi connectivity index (χ4n) is 2.69. The smallest absolute Gasteiger partial charge is 0.293 e. The molecule has 7 heteroatoms. The summed E-state index contributed by atoms with van der Waals surface area (Å²) in [5.41, 5.74) is 1.80. The molecule has 0 N–H and O–H groups in total. The van der Waals surface area contributed by atoms with Crippen LogP contribution in [0.3, 0.4) is 0 Å². The zero-order chi connectivity index (χ0) is 20.1. The number of imide groups is 1. The maximum atomic E-state index is 12.3. The number of hydrogen-bond donors (Lipinski definition) is 0. The molecule has 0 atom stereocenters. The lowest BCUT2D eigenvalue weighted by Gasteiger charge is -2.14. The molecule has 2 aromatic rings. The van der Waals surface area contributed by atoms with E-state index < -0.39 is 0 Å². The number of nitrogens with zero attached hydrogens (tertiary/aromatic N) is 1. The molecule has 0 saturated carbocycles. The molecule has 2 amide bonds. The molecule has 146 valence electrons. The highest BCUT2D eigenvalue weighted by Crippen LogP contribution is 2.38. The summed E-state index contributed by atoms with van der Waals surface area (Å²) < 4.78 is 12.4. The van der Waals surface area contributed by atoms with Gasteiger partial charge in [0.15, 0.2) is 11.5 Å². The number of rotatable bonds is 7. The Hall–Kier alpha value is -2.25. The van der Waals surface area contributed by atoms with Crippen LogP contribution in [0.5, 0.6) is 11.5 Å². The van der Waals surface area contributed by atoms with Crippen LogP contribution < -0.4 is 9.47 Å². The van der Waals surface area contributed by atoms with Gasteiger partial charge in [-0.15, -0.1) is 0 Å². The molecule has 0 bridgehead atoms. The summed E-state index contributed by atoms with van der Waals surface area (Å²) in [6, 6.07) is 13.5. The van der Waals surface area contributed by atoms with Gasteiger partial charge in [-0.25, -0.2) is 0 Å². The van der Waals surface area contributed by atoms with E-state index >= 15 is 0 Å². The molecule has 28 heavy (non-hydrogen) atoms. The van der Waals surface area contributed by atoms with Crippen LogP contribution in [-0.2, 0) is 11.4 Å². The molecule has 1 aliphatic rings. The quantitative estimate of drug-likeness (QED) is 0.510. The summed E-state index contributed by atoms with van der Waals surface area (Å²) in [6.45, 7) is 4.94. The van der Waals surface area contributed by atoms with E-state index in [1.807, 2.05) is 49.4 Å². The minimum atomic E-state index is -0.272. The molecule has 1 aliphatic heterocycles. The number of carbonyl (C=O) groups is 2. The van der Waals surface area contributed by atoms with Crippen molar-refractivity contribution in [2.45, 2.75) is 20.5 Å². The van der Waals surface area contributed by atoms with Gasteiger partial charge in [0.2, 0.25) is 0 Å². The van der Waals surface area contributed by atoms with Gasteiger partial charge in [-0.1, -0.05) is 46.3 Å². The first-order chi connectivity index (χ1) is 13.5. The molecule has 0 aliphatic carbocycles. The molecule has 0 aromatic heterocycles. The first kappa shape index (κ1) is 20.5. The van der Waals surface area contributed by atoms with Gasteiger partial charge in [0.25, 0.3) is 11.1 Å². The molecule has 5 nitrogen and oxygen atoms in total. The van der Waals surface area contributed by atoms with Crippen LogP contribution in [0.2, 0.25) is 0 Å². The third kappa shape index (κ3) is 4.59. The molecule has 1 fully saturated rings. The minimum Gasteiger partial charge on any atom is -0.490 e. The molecule has 0 unspecified atom stereocenters. The summed E-state index contributed by atoms with van der Waals surface area (Å²) in [4.78, 5) is 25.9. The summed E-state index contributed by atoms with van der Waals surface area (Å²) in [6.07, 6.45) is 1.70. The van der Waals surface area contributed by atoms with Crippen LogP contribution in [0.25, 0.3) is 6.08 Å². The summed E-state index contributed by atoms with van der Waals surface area (Å²) in [7, 11) is 0. The van der Waals surface area contributed by atoms with Crippen molar-refractivity contribution in [2.75, 3.05) is 13.2 Å². The Balaban J connectivity index is 1.87. The lowest BCUT2D eigenvalue weighted by molar-refractivity contribution is -0.122. The largest absolute Gasteiger partial charge is 0.490 e. The van der Waals surface area contributed by atoms with Gasteiger partial charge in [-0.05, 0) is 54.9 Å². The Morgan fingerprint density at radius 3 is 2.43 bits per heavy atom. The van der Waals surface area contributed by atoms with E-state index in [1.165, 1.54) is 4.90 Å². The van der Waals surface area contributed by atoms with Crippen LogP contribution in [0.15, 0.2) is 51.8 Å². The van der Waals surface area contributed by atoms with Gasteiger partial charge in [-0.3, -0.25) is 14.5 Å². The SMILES string of the molecule is CCOc1cc(/C=C2/SC(=O)N(CC)C2=O)c(Br)cc1OCc1ccccc1. The third-order valence-corrected chi connectivity index (χ3v) is 5.67. The summed E-state index contributed by atoms with van der Waals surface area (Å²) >= 11 is 4.48. The number of amides is 2. The maximum absolute atomic E-state index is 12.3. The predicted molar refractivity (Wildman–Crippen MR) is 114 cm³/mol. The standard InChI is InChI=1S/C21H20BrNO4S/c1-3-23-20(24)19(28-21(23)25)11-15-10-17(26-4-2)18(12-16(15)22)27-13-14-8-6-5-7-9-14/h5-12H,3-4,13H2,1-2H3/b19-11+. The molecule has 1 heterocycles. The number of ether oxygens (including phenoxy) is 2. The van der Waals surface area contributed by atoms with Gasteiger partial charge < -0.3 is 9.47 Å². The van der Waals surface area contributed by atoms with Crippen LogP contribution in [0, 0.1) is 0 Å². The average Bonchev–Trinajstić information content (AvgIpc) is 2.96. The molecule has 0 spiro atoms. The highest BCUT2D eigenvalue weighted by molar-refractivity contribution is 9.10. The van der Waals surface area contributed by atoms with Crippen LogP contribution in [-0.4, -0.2) is 29.2 Å².